The molecular formula is C15H19ClN2O2S. The molecular weight excluding hydrogens is 308 g/mol. The van der Waals surface area contributed by atoms with Gasteiger partial charge in [-0.3, -0.25) is 0 Å². The Hall–Kier alpha value is -1.07. The van der Waals surface area contributed by atoms with Crippen LogP contribution in [0.1, 0.15) is 38.6 Å². The molecule has 1 fully saturated rings. The Morgan fingerprint density at radius 1 is 1.29 bits per heavy atom. The second-order valence-electron chi connectivity index (χ2n) is 5.97. The van der Waals surface area contributed by atoms with Crippen LogP contribution in [-0.4, -0.2) is 24.2 Å². The van der Waals surface area contributed by atoms with Gasteiger partial charge < -0.3 is 4.57 Å². The Kier molecular flexibility index (Phi) is 3.74. The molecule has 1 aliphatic rings. The number of imidazole rings is 1. The fourth-order valence-electron chi connectivity index (χ4n) is 3.33. The van der Waals surface area contributed by atoms with Gasteiger partial charge in [0, 0.05) is 12.3 Å². The highest BCUT2D eigenvalue weighted by atomic mass is 35.5. The zero-order valence-electron chi connectivity index (χ0n) is 12.2. The van der Waals surface area contributed by atoms with Gasteiger partial charge in [-0.1, -0.05) is 37.4 Å². The number of nitrogens with zero attached hydrogens (tertiary/aromatic N) is 2. The van der Waals surface area contributed by atoms with Gasteiger partial charge in [-0.25, -0.2) is 13.4 Å². The maximum atomic E-state index is 12.2. The summed E-state index contributed by atoms with van der Waals surface area (Å²) < 4.78 is 26.2. The molecule has 0 unspecified atom stereocenters. The molecule has 0 aliphatic heterocycles. The summed E-state index contributed by atoms with van der Waals surface area (Å²) in [6, 6.07) is 5.56. The highest BCUT2D eigenvalue weighted by Crippen LogP contribution is 2.39. The average molecular weight is 327 g/mol. The van der Waals surface area contributed by atoms with Gasteiger partial charge in [0.05, 0.1) is 16.1 Å². The molecule has 4 nitrogen and oxygen atoms in total. The van der Waals surface area contributed by atoms with E-state index >= 15 is 0 Å². The quantitative estimate of drug-likeness (QED) is 0.842. The third-order valence-electron chi connectivity index (χ3n) is 4.36. The number of fused-ring (bicyclic) bond motifs is 1. The first-order valence-corrected chi connectivity index (χ1v) is 9.53. The summed E-state index contributed by atoms with van der Waals surface area (Å²) in [6.07, 6.45) is 5.61. The fourth-order valence-corrected chi connectivity index (χ4v) is 4.44. The summed E-state index contributed by atoms with van der Waals surface area (Å²) in [7, 11) is -3.39. The maximum Gasteiger partial charge on any atom is 0.228 e. The Morgan fingerprint density at radius 2 is 2.00 bits per heavy atom. The molecule has 3 rings (SSSR count). The first-order valence-electron chi connectivity index (χ1n) is 7.26. The number of para-hydroxylation sites is 1. The Balaban J connectivity index is 2.32. The number of benzene rings is 1. The van der Waals surface area contributed by atoms with Crippen LogP contribution in [0.15, 0.2) is 23.4 Å². The fraction of sp³-hybridized carbons (Fsp3) is 0.533. The van der Waals surface area contributed by atoms with E-state index in [4.69, 9.17) is 11.6 Å². The number of halogens is 1. The molecule has 1 saturated carbocycles. The molecule has 0 amide bonds. The van der Waals surface area contributed by atoms with E-state index in [1.807, 2.05) is 10.6 Å². The number of sulfone groups is 1. The van der Waals surface area contributed by atoms with Crippen LogP contribution in [0.2, 0.25) is 5.02 Å². The Labute approximate surface area is 130 Å². The second kappa shape index (κ2) is 5.29. The van der Waals surface area contributed by atoms with Crippen LogP contribution < -0.4 is 0 Å². The zero-order valence-corrected chi connectivity index (χ0v) is 13.8. The first-order chi connectivity index (χ1) is 9.89. The van der Waals surface area contributed by atoms with E-state index in [0.29, 0.717) is 16.5 Å². The van der Waals surface area contributed by atoms with E-state index in [0.717, 1.165) is 24.8 Å². The van der Waals surface area contributed by atoms with Crippen molar-refractivity contribution in [1.29, 1.82) is 0 Å². The smallest absolute Gasteiger partial charge is 0.228 e. The zero-order chi connectivity index (χ0) is 15.2. The number of hydrogen-bond donors (Lipinski definition) is 0. The maximum absolute atomic E-state index is 12.2. The predicted octanol–water partition coefficient (Wildman–Crippen LogP) is 3.84. The van der Waals surface area contributed by atoms with E-state index in [1.165, 1.54) is 12.7 Å². The van der Waals surface area contributed by atoms with Crippen molar-refractivity contribution in [2.75, 3.05) is 6.26 Å². The van der Waals surface area contributed by atoms with Gasteiger partial charge in [-0.2, -0.15) is 0 Å². The highest BCUT2D eigenvalue weighted by molar-refractivity contribution is 7.90. The molecule has 2 aromatic rings. The number of aromatic nitrogens is 2. The lowest BCUT2D eigenvalue weighted by molar-refractivity contribution is 0.249. The van der Waals surface area contributed by atoms with Gasteiger partial charge in [0.2, 0.25) is 15.0 Å². The van der Waals surface area contributed by atoms with Gasteiger partial charge in [0.15, 0.2) is 0 Å². The highest BCUT2D eigenvalue weighted by Gasteiger charge is 2.30. The minimum Gasteiger partial charge on any atom is -0.310 e. The molecule has 1 aliphatic carbocycles. The molecule has 1 heterocycles. The van der Waals surface area contributed by atoms with Crippen LogP contribution in [0.4, 0.5) is 0 Å². The predicted molar refractivity (Wildman–Crippen MR) is 84.5 cm³/mol. The van der Waals surface area contributed by atoms with Gasteiger partial charge >= 0.3 is 0 Å². The summed E-state index contributed by atoms with van der Waals surface area (Å²) >= 11 is 6.34. The van der Waals surface area contributed by atoms with Crippen molar-refractivity contribution >= 4 is 32.5 Å². The van der Waals surface area contributed by atoms with Crippen molar-refractivity contribution < 1.29 is 8.42 Å². The molecule has 114 valence electrons. The molecule has 0 spiro atoms. The lowest BCUT2D eigenvalue weighted by Gasteiger charge is -2.31. The average Bonchev–Trinajstić information content (AvgIpc) is 2.80. The van der Waals surface area contributed by atoms with Crippen molar-refractivity contribution in [3.63, 3.8) is 0 Å². The van der Waals surface area contributed by atoms with Crippen molar-refractivity contribution in [3.8, 4) is 0 Å². The van der Waals surface area contributed by atoms with Gasteiger partial charge in [0.25, 0.3) is 0 Å². The summed E-state index contributed by atoms with van der Waals surface area (Å²) in [5.74, 6) is 0.424. The first kappa shape index (κ1) is 14.9. The Bertz CT molecular complexity index is 782. The summed E-state index contributed by atoms with van der Waals surface area (Å²) in [5.41, 5.74) is 1.40. The molecule has 0 N–H and O–H groups in total. The van der Waals surface area contributed by atoms with Crippen molar-refractivity contribution in [2.45, 2.75) is 43.8 Å². The molecule has 21 heavy (non-hydrogen) atoms. The van der Waals surface area contributed by atoms with Crippen LogP contribution in [0.5, 0.6) is 0 Å². The molecule has 0 bridgehead atoms. The van der Waals surface area contributed by atoms with E-state index in [2.05, 4.69) is 11.9 Å². The number of hydrogen-bond acceptors (Lipinski definition) is 3. The van der Waals surface area contributed by atoms with Crippen molar-refractivity contribution in [2.24, 2.45) is 5.92 Å². The van der Waals surface area contributed by atoms with Crippen LogP contribution in [0.25, 0.3) is 11.0 Å². The minimum atomic E-state index is -3.39. The molecule has 0 saturated heterocycles. The Morgan fingerprint density at radius 3 is 2.67 bits per heavy atom. The van der Waals surface area contributed by atoms with Crippen molar-refractivity contribution in [1.82, 2.24) is 9.55 Å². The molecule has 1 aromatic carbocycles. The molecule has 2 atom stereocenters. The largest absolute Gasteiger partial charge is 0.310 e. The SMILES string of the molecule is C[C@@H]1CCCC[C@@H]1n1c(S(C)(=O)=O)nc2cccc(Cl)c21. The molecule has 1 aromatic heterocycles. The monoisotopic (exact) mass is 326 g/mol. The van der Waals surface area contributed by atoms with E-state index in [-0.39, 0.29) is 11.2 Å². The van der Waals surface area contributed by atoms with Gasteiger partial charge in [-0.05, 0) is 30.9 Å². The third kappa shape index (κ3) is 2.57. The number of rotatable bonds is 2. The van der Waals surface area contributed by atoms with Crippen LogP contribution in [0.3, 0.4) is 0 Å². The third-order valence-corrected chi connectivity index (χ3v) is 5.61. The van der Waals surface area contributed by atoms with Crippen molar-refractivity contribution in [3.05, 3.63) is 23.2 Å². The normalized spacial score (nSPS) is 23.6. The lowest BCUT2D eigenvalue weighted by Crippen LogP contribution is -2.24. The summed E-state index contributed by atoms with van der Waals surface area (Å²) in [5, 5.41) is 0.706. The summed E-state index contributed by atoms with van der Waals surface area (Å²) in [4.78, 5) is 4.34. The topological polar surface area (TPSA) is 52.0 Å². The van der Waals surface area contributed by atoms with E-state index < -0.39 is 9.84 Å². The van der Waals surface area contributed by atoms with Gasteiger partial charge in [-0.15, -0.1) is 0 Å². The lowest BCUT2D eigenvalue weighted by atomic mass is 9.85. The van der Waals surface area contributed by atoms with Crippen LogP contribution in [0, 0.1) is 5.92 Å². The van der Waals surface area contributed by atoms with E-state index in [9.17, 15) is 8.42 Å². The van der Waals surface area contributed by atoms with Gasteiger partial charge in [0.1, 0.15) is 0 Å². The second-order valence-corrected chi connectivity index (χ2v) is 8.29. The standard InChI is InChI=1S/C15H19ClN2O2S/c1-10-6-3-4-9-13(10)18-14-11(16)7-5-8-12(14)17-15(18)21(2,19)20/h5,7-8,10,13H,3-4,6,9H2,1-2H3/t10-,13+/m1/s1. The summed E-state index contributed by atoms with van der Waals surface area (Å²) in [6.45, 7) is 2.18. The molecule has 0 radical (unpaired) electrons. The molecule has 6 heteroatoms. The minimum absolute atomic E-state index is 0.143. The van der Waals surface area contributed by atoms with Crippen LogP contribution in [-0.2, 0) is 9.84 Å². The van der Waals surface area contributed by atoms with E-state index in [1.54, 1.807) is 12.1 Å². The van der Waals surface area contributed by atoms with Crippen LogP contribution >= 0.6 is 11.6 Å².